The van der Waals surface area contributed by atoms with Crippen LogP contribution >= 0.6 is 0 Å². The van der Waals surface area contributed by atoms with Crippen LogP contribution in [0, 0.1) is 0 Å². The molecule has 0 saturated heterocycles. The lowest BCUT2D eigenvalue weighted by Crippen LogP contribution is -2.29. The molecule has 0 fully saturated rings. The van der Waals surface area contributed by atoms with Gasteiger partial charge in [-0.3, -0.25) is 4.79 Å². The highest BCUT2D eigenvalue weighted by molar-refractivity contribution is 6.02. The quantitative estimate of drug-likeness (QED) is 0.259. The van der Waals surface area contributed by atoms with Crippen molar-refractivity contribution in [1.82, 2.24) is 19.4 Å². The Hall–Kier alpha value is -4.41. The fourth-order valence-electron chi connectivity index (χ4n) is 4.17. The lowest BCUT2D eigenvalue weighted by Gasteiger charge is -2.26. The molecular formula is C28H34N8O2. The Kier molecular flexibility index (Phi) is 8.25. The van der Waals surface area contributed by atoms with Gasteiger partial charge in [-0.15, -0.1) is 0 Å². The summed E-state index contributed by atoms with van der Waals surface area (Å²) < 4.78 is 7.70. The number of carbonyl (C=O) groups excluding carboxylic acids is 1. The zero-order valence-corrected chi connectivity index (χ0v) is 22.2. The van der Waals surface area contributed by atoms with Crippen LogP contribution in [0.15, 0.2) is 67.5 Å². The Morgan fingerprint density at radius 2 is 1.95 bits per heavy atom. The Morgan fingerprint density at radius 1 is 1.16 bits per heavy atom. The van der Waals surface area contributed by atoms with E-state index < -0.39 is 0 Å². The van der Waals surface area contributed by atoms with Gasteiger partial charge in [0.05, 0.1) is 29.7 Å². The average Bonchev–Trinajstić information content (AvgIpc) is 3.31. The number of likely N-dealkylation sites (N-methyl/N-ethyl adjacent to an activating group) is 2. The molecular weight excluding hydrogens is 480 g/mol. The smallest absolute Gasteiger partial charge is 0.247 e. The number of anilines is 4. The molecule has 10 heteroatoms. The Bertz CT molecular complexity index is 1450. The van der Waals surface area contributed by atoms with Crippen LogP contribution in [0.3, 0.4) is 0 Å². The second-order valence-electron chi connectivity index (χ2n) is 9.10. The van der Waals surface area contributed by atoms with E-state index in [1.165, 1.54) is 6.08 Å². The van der Waals surface area contributed by atoms with Crippen molar-refractivity contribution in [2.75, 3.05) is 56.9 Å². The van der Waals surface area contributed by atoms with Crippen molar-refractivity contribution in [3.05, 3.63) is 73.1 Å². The summed E-state index contributed by atoms with van der Waals surface area (Å²) in [6.07, 6.45) is 4.93. The van der Waals surface area contributed by atoms with Gasteiger partial charge >= 0.3 is 0 Å². The number of para-hydroxylation sites is 1. The van der Waals surface area contributed by atoms with Crippen molar-refractivity contribution < 1.29 is 9.53 Å². The van der Waals surface area contributed by atoms with Gasteiger partial charge in [0.15, 0.2) is 0 Å². The van der Waals surface area contributed by atoms with Crippen molar-refractivity contribution in [3.63, 3.8) is 0 Å². The molecule has 0 saturated carbocycles. The van der Waals surface area contributed by atoms with Gasteiger partial charge in [-0.25, -0.2) is 4.98 Å². The maximum atomic E-state index is 12.2. The van der Waals surface area contributed by atoms with E-state index in [0.29, 0.717) is 35.4 Å². The van der Waals surface area contributed by atoms with E-state index in [0.717, 1.165) is 35.2 Å². The lowest BCUT2D eigenvalue weighted by molar-refractivity contribution is -0.111. The highest BCUT2D eigenvalue weighted by atomic mass is 16.5. The Labute approximate surface area is 222 Å². The molecule has 2 aromatic carbocycles. The predicted molar refractivity (Wildman–Crippen MR) is 154 cm³/mol. The number of aromatic nitrogens is 3. The number of rotatable bonds is 11. The molecule has 4 N–H and O–H groups in total. The number of ether oxygens (including phenoxy) is 1. The van der Waals surface area contributed by atoms with Crippen molar-refractivity contribution in [2.45, 2.75) is 6.54 Å². The van der Waals surface area contributed by atoms with E-state index in [9.17, 15) is 4.79 Å². The van der Waals surface area contributed by atoms with Gasteiger partial charge in [-0.05, 0) is 43.9 Å². The second-order valence-corrected chi connectivity index (χ2v) is 9.10. The number of carbonyl (C=O) groups is 1. The predicted octanol–water partition coefficient (Wildman–Crippen LogP) is 3.75. The molecule has 198 valence electrons. The number of amides is 1. The number of hydrogen-bond acceptors (Lipinski definition) is 8. The molecule has 0 spiro atoms. The Morgan fingerprint density at radius 3 is 2.66 bits per heavy atom. The number of fused-ring (bicyclic) bond motifs is 1. The lowest BCUT2D eigenvalue weighted by atomic mass is 10.2. The minimum Gasteiger partial charge on any atom is -0.494 e. The molecule has 10 nitrogen and oxygen atoms in total. The maximum absolute atomic E-state index is 12.2. The summed E-state index contributed by atoms with van der Waals surface area (Å²) in [6.45, 7) is 5.60. The van der Waals surface area contributed by atoms with Crippen LogP contribution in [-0.4, -0.2) is 66.7 Å². The Balaban J connectivity index is 1.71. The van der Waals surface area contributed by atoms with Crippen molar-refractivity contribution in [3.8, 4) is 11.6 Å². The molecule has 4 aromatic rings. The van der Waals surface area contributed by atoms with Gasteiger partial charge in [0.25, 0.3) is 0 Å². The largest absolute Gasteiger partial charge is 0.494 e. The first kappa shape index (κ1) is 26.6. The average molecular weight is 515 g/mol. The van der Waals surface area contributed by atoms with Crippen LogP contribution in [0.5, 0.6) is 5.75 Å². The van der Waals surface area contributed by atoms with E-state index in [4.69, 9.17) is 15.5 Å². The number of nitrogens with two attached hydrogens (primary N) is 1. The third kappa shape index (κ3) is 5.77. The third-order valence-corrected chi connectivity index (χ3v) is 6.20. The molecule has 2 aromatic heterocycles. The summed E-state index contributed by atoms with van der Waals surface area (Å²) >= 11 is 0. The summed E-state index contributed by atoms with van der Waals surface area (Å²) in [5.74, 6) is 1.34. The van der Waals surface area contributed by atoms with Crippen LogP contribution in [0.25, 0.3) is 16.7 Å². The minimum absolute atomic E-state index is 0.309. The van der Waals surface area contributed by atoms with Crippen molar-refractivity contribution in [1.29, 1.82) is 0 Å². The topological polar surface area (TPSA) is 114 Å². The molecule has 2 heterocycles. The molecule has 0 unspecified atom stereocenters. The van der Waals surface area contributed by atoms with E-state index >= 15 is 0 Å². The fourth-order valence-corrected chi connectivity index (χ4v) is 4.17. The van der Waals surface area contributed by atoms with Crippen molar-refractivity contribution >= 4 is 39.8 Å². The highest BCUT2D eigenvalue weighted by Gasteiger charge is 2.17. The number of hydrogen-bond donors (Lipinski definition) is 3. The number of methoxy groups -OCH3 is 1. The summed E-state index contributed by atoms with van der Waals surface area (Å²) in [5.41, 5.74) is 10.1. The summed E-state index contributed by atoms with van der Waals surface area (Å²) in [6, 6.07) is 13.6. The standard InChI is InChI=1S/C28H34N8O2/c1-6-27(37)31-21-15-22(25(38-5)16-24(21)35(4)14-13-34(2)3)32-28-30-12-11-26(33-28)36-18-19(17-29)20-9-7-8-10-23(20)36/h6-12,15-16,18H,1,13-14,17,29H2,2-5H3,(H,31,37)(H,30,32,33). The zero-order chi connectivity index (χ0) is 27.2. The number of nitrogens with one attached hydrogen (secondary N) is 2. The molecule has 4 rings (SSSR count). The molecule has 0 aliphatic carbocycles. The van der Waals surface area contributed by atoms with Gasteiger partial charge < -0.3 is 35.5 Å². The molecule has 38 heavy (non-hydrogen) atoms. The monoisotopic (exact) mass is 514 g/mol. The third-order valence-electron chi connectivity index (χ3n) is 6.20. The number of benzene rings is 2. The van der Waals surface area contributed by atoms with Crippen LogP contribution in [0.2, 0.25) is 0 Å². The van der Waals surface area contributed by atoms with Gasteiger partial charge in [0.2, 0.25) is 11.9 Å². The molecule has 0 aliphatic heterocycles. The molecule has 1 amide bonds. The highest BCUT2D eigenvalue weighted by Crippen LogP contribution is 2.38. The van der Waals surface area contributed by atoms with E-state index in [1.54, 1.807) is 13.3 Å². The SMILES string of the molecule is C=CC(=O)Nc1cc(Nc2nccc(-n3cc(CN)c4ccccc43)n2)c(OC)cc1N(C)CCN(C)C. The molecule has 0 bridgehead atoms. The van der Waals surface area contributed by atoms with Gasteiger partial charge in [0.1, 0.15) is 11.6 Å². The normalized spacial score (nSPS) is 11.0. The second kappa shape index (κ2) is 11.8. The molecule has 0 radical (unpaired) electrons. The van der Waals surface area contributed by atoms with Crippen LogP contribution in [0.4, 0.5) is 23.0 Å². The first-order valence-electron chi connectivity index (χ1n) is 12.3. The minimum atomic E-state index is -0.309. The first-order chi connectivity index (χ1) is 18.3. The maximum Gasteiger partial charge on any atom is 0.247 e. The van der Waals surface area contributed by atoms with E-state index in [1.807, 2.05) is 68.3 Å². The van der Waals surface area contributed by atoms with Gasteiger partial charge in [0, 0.05) is 50.5 Å². The van der Waals surface area contributed by atoms with Gasteiger partial charge in [-0.2, -0.15) is 4.98 Å². The van der Waals surface area contributed by atoms with E-state index in [2.05, 4.69) is 38.1 Å². The van der Waals surface area contributed by atoms with Crippen molar-refractivity contribution in [2.24, 2.45) is 5.73 Å². The number of nitrogens with zero attached hydrogens (tertiary/aromatic N) is 5. The van der Waals surface area contributed by atoms with Crippen LogP contribution < -0.4 is 26.0 Å². The van der Waals surface area contributed by atoms with Crippen LogP contribution in [-0.2, 0) is 11.3 Å². The summed E-state index contributed by atoms with van der Waals surface area (Å²) in [4.78, 5) is 25.6. The molecule has 0 atom stereocenters. The van der Waals surface area contributed by atoms with E-state index in [-0.39, 0.29) is 5.91 Å². The summed E-state index contributed by atoms with van der Waals surface area (Å²) in [7, 11) is 7.61. The summed E-state index contributed by atoms with van der Waals surface area (Å²) in [5, 5.41) is 7.25. The van der Waals surface area contributed by atoms with Crippen LogP contribution in [0.1, 0.15) is 5.56 Å². The first-order valence-corrected chi connectivity index (χ1v) is 12.3. The fraction of sp³-hybridized carbons (Fsp3) is 0.250. The zero-order valence-electron chi connectivity index (χ0n) is 22.2. The van der Waals surface area contributed by atoms with Gasteiger partial charge in [-0.1, -0.05) is 24.8 Å². The molecule has 0 aliphatic rings.